The molecule has 0 saturated carbocycles. The maximum Gasteiger partial charge on any atom is 0.573 e. The highest BCUT2D eigenvalue weighted by Crippen LogP contribution is 2.32. The molecule has 7 heteroatoms. The van der Waals surface area contributed by atoms with Gasteiger partial charge in [0.05, 0.1) is 4.83 Å². The second kappa shape index (κ2) is 5.93. The standard InChI is InChI=1S/C11H9BrClF3O2/c1-6(17)10(12)9-3-2-8(4-7(9)5-13)18-11(14,15)16/h2-4,10H,5H2,1H3. The normalized spacial score (nSPS) is 13.2. The van der Waals surface area contributed by atoms with Gasteiger partial charge < -0.3 is 4.74 Å². The Morgan fingerprint density at radius 3 is 2.56 bits per heavy atom. The molecule has 1 rings (SSSR count). The number of Topliss-reactive ketones (excluding diaryl/α,β-unsaturated/α-hetero) is 1. The van der Waals surface area contributed by atoms with Crippen molar-refractivity contribution in [1.82, 2.24) is 0 Å². The molecule has 1 unspecified atom stereocenters. The van der Waals surface area contributed by atoms with Crippen molar-refractivity contribution < 1.29 is 22.7 Å². The van der Waals surface area contributed by atoms with Crippen molar-refractivity contribution in [2.45, 2.75) is 24.0 Å². The Hall–Kier alpha value is -0.750. The molecule has 0 spiro atoms. The number of carbonyl (C=O) groups is 1. The second-order valence-corrected chi connectivity index (χ2v) is 4.70. The van der Waals surface area contributed by atoms with E-state index in [2.05, 4.69) is 20.7 Å². The summed E-state index contributed by atoms with van der Waals surface area (Å²) in [4.78, 5) is 10.6. The van der Waals surface area contributed by atoms with E-state index in [-0.39, 0.29) is 17.4 Å². The van der Waals surface area contributed by atoms with E-state index in [1.54, 1.807) is 0 Å². The molecule has 18 heavy (non-hydrogen) atoms. The minimum Gasteiger partial charge on any atom is -0.406 e. The van der Waals surface area contributed by atoms with E-state index in [1.807, 2.05) is 0 Å². The number of rotatable bonds is 4. The fraction of sp³-hybridized carbons (Fsp3) is 0.364. The first-order valence-electron chi connectivity index (χ1n) is 4.83. The van der Waals surface area contributed by atoms with Crippen LogP contribution in [0.1, 0.15) is 22.9 Å². The molecule has 0 aromatic heterocycles. The van der Waals surface area contributed by atoms with Gasteiger partial charge in [-0.2, -0.15) is 0 Å². The Labute approximate surface area is 115 Å². The summed E-state index contributed by atoms with van der Waals surface area (Å²) in [6.45, 7) is 1.37. The number of hydrogen-bond donors (Lipinski definition) is 0. The minimum absolute atomic E-state index is 0.0141. The fourth-order valence-electron chi connectivity index (χ4n) is 1.36. The largest absolute Gasteiger partial charge is 0.573 e. The van der Waals surface area contributed by atoms with E-state index >= 15 is 0 Å². The first-order chi connectivity index (χ1) is 8.24. The van der Waals surface area contributed by atoms with E-state index in [0.717, 1.165) is 6.07 Å². The lowest BCUT2D eigenvalue weighted by Crippen LogP contribution is -2.17. The molecule has 0 fully saturated rings. The molecular formula is C11H9BrClF3O2. The third-order valence-corrected chi connectivity index (χ3v) is 3.55. The van der Waals surface area contributed by atoms with Crippen LogP contribution >= 0.6 is 27.5 Å². The Morgan fingerprint density at radius 2 is 2.11 bits per heavy atom. The molecule has 0 aliphatic carbocycles. The summed E-state index contributed by atoms with van der Waals surface area (Å²) in [5.41, 5.74) is 0.947. The quantitative estimate of drug-likeness (QED) is 0.758. The first-order valence-corrected chi connectivity index (χ1v) is 6.28. The van der Waals surface area contributed by atoms with Crippen LogP contribution in [0.25, 0.3) is 0 Å². The lowest BCUT2D eigenvalue weighted by Gasteiger charge is -2.14. The molecule has 0 bridgehead atoms. The SMILES string of the molecule is CC(=O)C(Br)c1ccc(OC(F)(F)F)cc1CCl. The molecule has 0 saturated heterocycles. The van der Waals surface area contributed by atoms with Crippen molar-refractivity contribution in [3.63, 3.8) is 0 Å². The predicted octanol–water partition coefficient (Wildman–Crippen LogP) is 4.35. The molecule has 1 aromatic rings. The van der Waals surface area contributed by atoms with Crippen LogP contribution in [-0.2, 0) is 10.7 Å². The van der Waals surface area contributed by atoms with E-state index in [9.17, 15) is 18.0 Å². The van der Waals surface area contributed by atoms with E-state index in [1.165, 1.54) is 19.1 Å². The molecule has 0 aliphatic heterocycles. The van der Waals surface area contributed by atoms with E-state index in [4.69, 9.17) is 11.6 Å². The molecule has 2 nitrogen and oxygen atoms in total. The number of alkyl halides is 5. The highest BCUT2D eigenvalue weighted by atomic mass is 79.9. The summed E-state index contributed by atoms with van der Waals surface area (Å²) < 4.78 is 39.9. The van der Waals surface area contributed by atoms with Gasteiger partial charge in [0.2, 0.25) is 0 Å². The maximum absolute atomic E-state index is 12.0. The minimum atomic E-state index is -4.75. The van der Waals surface area contributed by atoms with Crippen LogP contribution in [0.2, 0.25) is 0 Å². The van der Waals surface area contributed by atoms with Crippen LogP contribution in [0.5, 0.6) is 5.75 Å². The van der Waals surface area contributed by atoms with Crippen molar-refractivity contribution in [3.05, 3.63) is 29.3 Å². The Kier molecular flexibility index (Phi) is 5.04. The monoisotopic (exact) mass is 344 g/mol. The molecular weight excluding hydrogens is 336 g/mol. The zero-order chi connectivity index (χ0) is 13.9. The topological polar surface area (TPSA) is 26.3 Å². The highest BCUT2D eigenvalue weighted by Gasteiger charge is 2.31. The van der Waals surface area contributed by atoms with Gasteiger partial charge in [0.1, 0.15) is 11.5 Å². The van der Waals surface area contributed by atoms with Crippen LogP contribution in [-0.4, -0.2) is 12.1 Å². The van der Waals surface area contributed by atoms with Crippen LogP contribution in [0, 0.1) is 0 Å². The number of benzene rings is 1. The molecule has 0 amide bonds. The molecule has 0 radical (unpaired) electrons. The van der Waals surface area contributed by atoms with Gasteiger partial charge in [-0.25, -0.2) is 0 Å². The molecule has 100 valence electrons. The first kappa shape index (κ1) is 15.3. The Bertz CT molecular complexity index is 448. The van der Waals surface area contributed by atoms with Gasteiger partial charge in [0.25, 0.3) is 0 Å². The molecule has 0 heterocycles. The van der Waals surface area contributed by atoms with Crippen molar-refractivity contribution in [3.8, 4) is 5.75 Å². The predicted molar refractivity (Wildman–Crippen MR) is 65.0 cm³/mol. The van der Waals surface area contributed by atoms with Crippen molar-refractivity contribution in [2.24, 2.45) is 0 Å². The lowest BCUT2D eigenvalue weighted by atomic mass is 10.0. The summed E-state index contributed by atoms with van der Waals surface area (Å²) >= 11 is 8.81. The highest BCUT2D eigenvalue weighted by molar-refractivity contribution is 9.09. The number of halogens is 5. The molecule has 0 aliphatic rings. The van der Waals surface area contributed by atoms with Gasteiger partial charge in [0, 0.05) is 5.88 Å². The van der Waals surface area contributed by atoms with Crippen LogP contribution in [0.15, 0.2) is 18.2 Å². The van der Waals surface area contributed by atoms with Gasteiger partial charge >= 0.3 is 6.36 Å². The third kappa shape index (κ3) is 4.17. The summed E-state index contributed by atoms with van der Waals surface area (Å²) in [5, 5.41) is 0. The van der Waals surface area contributed by atoms with Crippen molar-refractivity contribution in [2.75, 3.05) is 0 Å². The van der Waals surface area contributed by atoms with Gasteiger partial charge in [-0.1, -0.05) is 22.0 Å². The van der Waals surface area contributed by atoms with E-state index < -0.39 is 11.2 Å². The summed E-state index contributed by atoms with van der Waals surface area (Å²) in [5.74, 6) is -0.532. The summed E-state index contributed by atoms with van der Waals surface area (Å²) in [7, 11) is 0. The molecule has 1 atom stereocenters. The van der Waals surface area contributed by atoms with Gasteiger partial charge in [-0.3, -0.25) is 4.79 Å². The summed E-state index contributed by atoms with van der Waals surface area (Å²) in [6.07, 6.45) is -4.75. The molecule has 0 N–H and O–H groups in total. The second-order valence-electron chi connectivity index (χ2n) is 3.52. The number of hydrogen-bond acceptors (Lipinski definition) is 2. The fourth-order valence-corrected chi connectivity index (χ4v) is 2.04. The average Bonchev–Trinajstić information content (AvgIpc) is 2.25. The number of carbonyl (C=O) groups excluding carboxylic acids is 1. The third-order valence-electron chi connectivity index (χ3n) is 2.12. The lowest BCUT2D eigenvalue weighted by molar-refractivity contribution is -0.274. The zero-order valence-corrected chi connectivity index (χ0v) is 11.6. The maximum atomic E-state index is 12.0. The van der Waals surface area contributed by atoms with Gasteiger partial charge in [-0.15, -0.1) is 24.8 Å². The average molecular weight is 346 g/mol. The Morgan fingerprint density at radius 1 is 1.50 bits per heavy atom. The van der Waals surface area contributed by atoms with Crippen LogP contribution in [0.4, 0.5) is 13.2 Å². The van der Waals surface area contributed by atoms with Crippen LogP contribution in [0.3, 0.4) is 0 Å². The van der Waals surface area contributed by atoms with E-state index in [0.29, 0.717) is 11.1 Å². The smallest absolute Gasteiger partial charge is 0.406 e. The van der Waals surface area contributed by atoms with Crippen molar-refractivity contribution in [1.29, 1.82) is 0 Å². The number of ether oxygens (including phenoxy) is 1. The summed E-state index contributed by atoms with van der Waals surface area (Å²) in [6, 6.07) is 3.71. The molecule has 1 aromatic carbocycles. The van der Waals surface area contributed by atoms with Crippen LogP contribution < -0.4 is 4.74 Å². The zero-order valence-electron chi connectivity index (χ0n) is 9.22. The van der Waals surface area contributed by atoms with Gasteiger partial charge in [-0.05, 0) is 30.2 Å². The number of ketones is 1. The Balaban J connectivity index is 3.07. The van der Waals surface area contributed by atoms with Gasteiger partial charge in [0.15, 0.2) is 0 Å². The van der Waals surface area contributed by atoms with Crippen molar-refractivity contribution >= 4 is 33.3 Å².